The Kier molecular flexibility index (Phi) is 6.65. The number of carbonyl (C=O) groups excluding carboxylic acids is 1. The minimum Gasteiger partial charge on any atom is -0.390 e. The van der Waals surface area contributed by atoms with E-state index in [0.717, 1.165) is 12.8 Å². The molecule has 0 spiro atoms. The van der Waals surface area contributed by atoms with Crippen LogP contribution in [0.2, 0.25) is 0 Å². The van der Waals surface area contributed by atoms with Gasteiger partial charge in [-0.05, 0) is 31.1 Å². The van der Waals surface area contributed by atoms with Gasteiger partial charge in [-0.3, -0.25) is 4.79 Å². The lowest BCUT2D eigenvalue weighted by Crippen LogP contribution is -2.38. The summed E-state index contributed by atoms with van der Waals surface area (Å²) in [6.45, 7) is 8.39. The monoisotopic (exact) mass is 229 g/mol. The van der Waals surface area contributed by atoms with Crippen molar-refractivity contribution in [1.29, 1.82) is 0 Å². The molecule has 0 aromatic carbocycles. The standard InChI is InChI=1S/C13H27NO2/c1-5-11(4)13(16,9-10(2)3)8-6-7-12(14)15/h10-11,16H,5-9H2,1-4H3,(H2,14,15). The van der Waals surface area contributed by atoms with E-state index in [1.54, 1.807) is 0 Å². The second-order valence-corrected chi connectivity index (χ2v) is 5.33. The van der Waals surface area contributed by atoms with E-state index in [0.29, 0.717) is 25.2 Å². The summed E-state index contributed by atoms with van der Waals surface area (Å²) in [6, 6.07) is 0. The molecular weight excluding hydrogens is 202 g/mol. The predicted octanol–water partition coefficient (Wildman–Crippen LogP) is 2.47. The van der Waals surface area contributed by atoms with Gasteiger partial charge in [0.25, 0.3) is 0 Å². The molecule has 0 aliphatic heterocycles. The fourth-order valence-electron chi connectivity index (χ4n) is 2.21. The molecule has 0 heterocycles. The number of aliphatic hydroxyl groups is 1. The number of hydrogen-bond donors (Lipinski definition) is 2. The molecule has 0 aliphatic rings. The zero-order valence-corrected chi connectivity index (χ0v) is 11.1. The van der Waals surface area contributed by atoms with Crippen molar-refractivity contribution in [2.45, 2.75) is 65.4 Å². The topological polar surface area (TPSA) is 63.3 Å². The van der Waals surface area contributed by atoms with Gasteiger partial charge in [0.1, 0.15) is 0 Å². The maximum Gasteiger partial charge on any atom is 0.217 e. The highest BCUT2D eigenvalue weighted by Crippen LogP contribution is 2.32. The minimum atomic E-state index is -0.641. The van der Waals surface area contributed by atoms with E-state index in [-0.39, 0.29) is 11.8 Å². The van der Waals surface area contributed by atoms with E-state index >= 15 is 0 Å². The quantitative estimate of drug-likeness (QED) is 0.671. The summed E-state index contributed by atoms with van der Waals surface area (Å²) in [5.41, 5.74) is 4.47. The first-order valence-corrected chi connectivity index (χ1v) is 6.32. The molecule has 1 amide bonds. The highest BCUT2D eigenvalue weighted by molar-refractivity contribution is 5.73. The Morgan fingerprint density at radius 3 is 2.31 bits per heavy atom. The third kappa shape index (κ3) is 5.50. The molecule has 0 bridgehead atoms. The van der Waals surface area contributed by atoms with Crippen LogP contribution in [0, 0.1) is 11.8 Å². The third-order valence-electron chi connectivity index (χ3n) is 3.32. The van der Waals surface area contributed by atoms with Crippen LogP contribution in [0.15, 0.2) is 0 Å². The summed E-state index contributed by atoms with van der Waals surface area (Å²) in [5.74, 6) is 0.450. The summed E-state index contributed by atoms with van der Waals surface area (Å²) in [7, 11) is 0. The van der Waals surface area contributed by atoms with Crippen molar-refractivity contribution in [3.63, 3.8) is 0 Å². The first-order chi connectivity index (χ1) is 7.31. The number of amides is 1. The zero-order valence-electron chi connectivity index (χ0n) is 11.1. The molecule has 0 aromatic rings. The van der Waals surface area contributed by atoms with Crippen molar-refractivity contribution in [3.8, 4) is 0 Å². The molecule has 0 aromatic heterocycles. The van der Waals surface area contributed by atoms with E-state index in [4.69, 9.17) is 5.73 Å². The van der Waals surface area contributed by atoms with Crippen molar-refractivity contribution in [2.24, 2.45) is 17.6 Å². The van der Waals surface area contributed by atoms with Crippen LogP contribution < -0.4 is 5.73 Å². The molecule has 0 aliphatic carbocycles. The van der Waals surface area contributed by atoms with Crippen LogP contribution >= 0.6 is 0 Å². The molecule has 2 unspecified atom stereocenters. The molecule has 0 rings (SSSR count). The van der Waals surface area contributed by atoms with Crippen LogP contribution in [-0.4, -0.2) is 16.6 Å². The van der Waals surface area contributed by atoms with Gasteiger partial charge in [-0.15, -0.1) is 0 Å². The van der Waals surface area contributed by atoms with Gasteiger partial charge >= 0.3 is 0 Å². The van der Waals surface area contributed by atoms with E-state index in [9.17, 15) is 9.90 Å². The number of primary amides is 1. The lowest BCUT2D eigenvalue weighted by Gasteiger charge is -2.35. The second-order valence-electron chi connectivity index (χ2n) is 5.33. The van der Waals surface area contributed by atoms with Crippen LogP contribution in [0.1, 0.15) is 59.8 Å². The van der Waals surface area contributed by atoms with Crippen molar-refractivity contribution >= 4 is 5.91 Å². The summed E-state index contributed by atoms with van der Waals surface area (Å²) in [6.07, 6.45) is 3.48. The lowest BCUT2D eigenvalue weighted by molar-refractivity contribution is -0.118. The van der Waals surface area contributed by atoms with E-state index in [2.05, 4.69) is 27.7 Å². The van der Waals surface area contributed by atoms with Crippen LogP contribution in [0.5, 0.6) is 0 Å². The van der Waals surface area contributed by atoms with Crippen molar-refractivity contribution in [1.82, 2.24) is 0 Å². The molecule has 0 radical (unpaired) electrons. The Hall–Kier alpha value is -0.570. The SMILES string of the molecule is CCC(C)C(O)(CCCC(N)=O)CC(C)C. The van der Waals surface area contributed by atoms with Gasteiger partial charge in [-0.2, -0.15) is 0 Å². The Bertz CT molecular complexity index is 216. The van der Waals surface area contributed by atoms with Gasteiger partial charge in [0.2, 0.25) is 5.91 Å². The molecule has 0 saturated heterocycles. The largest absolute Gasteiger partial charge is 0.390 e. The van der Waals surface area contributed by atoms with E-state index in [1.165, 1.54) is 0 Å². The first-order valence-electron chi connectivity index (χ1n) is 6.32. The molecule has 16 heavy (non-hydrogen) atoms. The van der Waals surface area contributed by atoms with Crippen LogP contribution in [0.25, 0.3) is 0 Å². The van der Waals surface area contributed by atoms with Crippen molar-refractivity contribution in [3.05, 3.63) is 0 Å². The van der Waals surface area contributed by atoms with Crippen LogP contribution in [0.4, 0.5) is 0 Å². The molecular formula is C13H27NO2. The van der Waals surface area contributed by atoms with Gasteiger partial charge in [0, 0.05) is 6.42 Å². The normalized spacial score (nSPS) is 17.1. The molecule has 96 valence electrons. The van der Waals surface area contributed by atoms with Crippen LogP contribution in [-0.2, 0) is 4.79 Å². The average molecular weight is 229 g/mol. The van der Waals surface area contributed by atoms with Gasteiger partial charge < -0.3 is 10.8 Å². The van der Waals surface area contributed by atoms with Gasteiger partial charge in [0.05, 0.1) is 5.60 Å². The molecule has 3 N–H and O–H groups in total. The maximum absolute atomic E-state index is 10.7. The highest BCUT2D eigenvalue weighted by atomic mass is 16.3. The number of nitrogens with two attached hydrogens (primary N) is 1. The summed E-state index contributed by atoms with van der Waals surface area (Å²) in [5, 5.41) is 10.6. The Balaban J connectivity index is 4.35. The summed E-state index contributed by atoms with van der Waals surface area (Å²) < 4.78 is 0. The molecule has 3 heteroatoms. The zero-order chi connectivity index (χ0) is 12.8. The number of hydrogen-bond acceptors (Lipinski definition) is 2. The van der Waals surface area contributed by atoms with Crippen molar-refractivity contribution in [2.75, 3.05) is 0 Å². The van der Waals surface area contributed by atoms with Gasteiger partial charge in [-0.1, -0.05) is 34.1 Å². The lowest BCUT2D eigenvalue weighted by atomic mass is 9.77. The van der Waals surface area contributed by atoms with E-state index < -0.39 is 5.60 Å². The first kappa shape index (κ1) is 15.4. The summed E-state index contributed by atoms with van der Waals surface area (Å²) in [4.78, 5) is 10.7. The fraction of sp³-hybridized carbons (Fsp3) is 0.923. The van der Waals surface area contributed by atoms with E-state index in [1.807, 2.05) is 0 Å². The smallest absolute Gasteiger partial charge is 0.217 e. The highest BCUT2D eigenvalue weighted by Gasteiger charge is 2.32. The van der Waals surface area contributed by atoms with Crippen LogP contribution in [0.3, 0.4) is 0 Å². The number of carbonyl (C=O) groups is 1. The Morgan fingerprint density at radius 1 is 1.38 bits per heavy atom. The Morgan fingerprint density at radius 2 is 1.94 bits per heavy atom. The second kappa shape index (κ2) is 6.89. The third-order valence-corrected chi connectivity index (χ3v) is 3.32. The Labute approximate surface area is 99.4 Å². The molecule has 3 nitrogen and oxygen atoms in total. The van der Waals surface area contributed by atoms with Crippen molar-refractivity contribution < 1.29 is 9.90 Å². The van der Waals surface area contributed by atoms with Gasteiger partial charge in [0.15, 0.2) is 0 Å². The summed E-state index contributed by atoms with van der Waals surface area (Å²) >= 11 is 0. The predicted molar refractivity (Wildman–Crippen MR) is 66.9 cm³/mol. The molecule has 2 atom stereocenters. The molecule has 0 saturated carbocycles. The number of rotatable bonds is 8. The maximum atomic E-state index is 10.7. The fourth-order valence-corrected chi connectivity index (χ4v) is 2.21. The minimum absolute atomic E-state index is 0.266. The van der Waals surface area contributed by atoms with Gasteiger partial charge in [-0.25, -0.2) is 0 Å². The molecule has 0 fully saturated rings. The average Bonchev–Trinajstić information content (AvgIpc) is 2.14.